The van der Waals surface area contributed by atoms with Crippen LogP contribution in [0.3, 0.4) is 0 Å². The van der Waals surface area contributed by atoms with Crippen molar-refractivity contribution in [1.29, 1.82) is 0 Å². The Morgan fingerprint density at radius 3 is 1.76 bits per heavy atom. The van der Waals surface area contributed by atoms with E-state index in [4.69, 9.17) is 0 Å². The molecular formula is C10H8F12O3. The minimum absolute atomic E-state index is 0.207. The smallest absolute Gasteiger partial charge is 0.397 e. The molecule has 0 aromatic carbocycles. The number of hydrogen-bond acceptors (Lipinski definition) is 3. The lowest BCUT2D eigenvalue weighted by molar-refractivity contribution is -0.478. The van der Waals surface area contributed by atoms with Crippen LogP contribution in [-0.4, -0.2) is 37.2 Å². The highest BCUT2D eigenvalue weighted by Crippen LogP contribution is 2.49. The minimum Gasteiger partial charge on any atom is -0.397 e. The molecule has 0 radical (unpaired) electrons. The van der Waals surface area contributed by atoms with Gasteiger partial charge in [-0.3, -0.25) is 4.74 Å². The maximum absolute atomic E-state index is 13.0. The fourth-order valence-corrected chi connectivity index (χ4v) is 0.961. The topological polar surface area (TPSA) is 27.7 Å². The van der Waals surface area contributed by atoms with Gasteiger partial charge in [0.1, 0.15) is 0 Å². The molecule has 0 bridgehead atoms. The van der Waals surface area contributed by atoms with Crippen molar-refractivity contribution in [3.05, 3.63) is 12.1 Å². The zero-order chi connectivity index (χ0) is 20.3. The SMILES string of the molecule is CCCOC(F)(F)C(F)OC(F)(F)C(F)(F)C(F)(F)OC(F)=C(F)F. The first kappa shape index (κ1) is 23.6. The van der Waals surface area contributed by atoms with Crippen LogP contribution in [0, 0.1) is 0 Å². The number of rotatable bonds is 10. The summed E-state index contributed by atoms with van der Waals surface area (Å²) >= 11 is 0. The number of halogens is 12. The molecule has 1 unspecified atom stereocenters. The van der Waals surface area contributed by atoms with Crippen LogP contribution < -0.4 is 0 Å². The fourth-order valence-electron chi connectivity index (χ4n) is 0.961. The van der Waals surface area contributed by atoms with Gasteiger partial charge in [-0.05, 0) is 6.42 Å². The Morgan fingerprint density at radius 2 is 1.36 bits per heavy atom. The van der Waals surface area contributed by atoms with Gasteiger partial charge in [0.25, 0.3) is 6.36 Å². The molecule has 0 rings (SSSR count). The molecule has 0 aliphatic carbocycles. The van der Waals surface area contributed by atoms with Crippen LogP contribution in [0.15, 0.2) is 12.1 Å². The van der Waals surface area contributed by atoms with Crippen LogP contribution in [0.5, 0.6) is 0 Å². The Bertz CT molecular complexity index is 474. The highest BCUT2D eigenvalue weighted by Gasteiger charge is 2.77. The summed E-state index contributed by atoms with van der Waals surface area (Å²) in [7, 11) is 0. The largest absolute Gasteiger partial charge is 0.475 e. The average molecular weight is 404 g/mol. The second kappa shape index (κ2) is 7.88. The van der Waals surface area contributed by atoms with Crippen molar-refractivity contribution in [3.8, 4) is 0 Å². The lowest BCUT2D eigenvalue weighted by atomic mass is 10.3. The van der Waals surface area contributed by atoms with Crippen molar-refractivity contribution < 1.29 is 66.9 Å². The summed E-state index contributed by atoms with van der Waals surface area (Å²) in [5, 5.41) is 0. The van der Waals surface area contributed by atoms with E-state index < -0.39 is 49.3 Å². The van der Waals surface area contributed by atoms with Gasteiger partial charge in [-0.1, -0.05) is 6.92 Å². The highest BCUT2D eigenvalue weighted by molar-refractivity contribution is 4.91. The van der Waals surface area contributed by atoms with E-state index in [9.17, 15) is 52.7 Å². The van der Waals surface area contributed by atoms with Crippen molar-refractivity contribution >= 4 is 0 Å². The molecule has 1 atom stereocenters. The van der Waals surface area contributed by atoms with Gasteiger partial charge in [-0.25, -0.2) is 4.39 Å². The van der Waals surface area contributed by atoms with Gasteiger partial charge in [0.15, 0.2) is 0 Å². The van der Waals surface area contributed by atoms with E-state index in [1.165, 1.54) is 6.92 Å². The standard InChI is InChI=1S/C10H8F12O3/c1-2-3-23-7(15,16)6(14)25-10(21,22)8(17,18)9(19,20)24-5(13)4(11)12/h6H,2-3H2,1H3. The molecule has 0 aromatic heterocycles. The molecular weight excluding hydrogens is 396 g/mol. The Labute approximate surface area is 131 Å². The van der Waals surface area contributed by atoms with Gasteiger partial charge >= 0.3 is 36.3 Å². The van der Waals surface area contributed by atoms with Crippen molar-refractivity contribution in [1.82, 2.24) is 0 Å². The number of hydrogen-bond donors (Lipinski definition) is 0. The summed E-state index contributed by atoms with van der Waals surface area (Å²) < 4.78 is 159. The van der Waals surface area contributed by atoms with Crippen LogP contribution in [0.1, 0.15) is 13.3 Å². The van der Waals surface area contributed by atoms with Crippen LogP contribution in [0.25, 0.3) is 0 Å². The highest BCUT2D eigenvalue weighted by atomic mass is 19.4. The van der Waals surface area contributed by atoms with E-state index in [0.717, 1.165) is 0 Å². The van der Waals surface area contributed by atoms with Gasteiger partial charge in [0.05, 0.1) is 6.61 Å². The predicted octanol–water partition coefficient (Wildman–Crippen LogP) is 5.19. The Hall–Kier alpha value is -1.38. The summed E-state index contributed by atoms with van der Waals surface area (Å²) in [6.07, 6.45) is -27.3. The number of alkyl halides is 9. The van der Waals surface area contributed by atoms with Crippen LogP contribution in [0.4, 0.5) is 52.7 Å². The van der Waals surface area contributed by atoms with E-state index in [1.54, 1.807) is 0 Å². The normalized spacial score (nSPS) is 15.1. The molecule has 150 valence electrons. The quantitative estimate of drug-likeness (QED) is 0.371. The van der Waals surface area contributed by atoms with Crippen LogP contribution in [-0.2, 0) is 14.2 Å². The van der Waals surface area contributed by atoms with Crippen molar-refractivity contribution in [2.45, 2.75) is 44.0 Å². The minimum atomic E-state index is -7.04. The van der Waals surface area contributed by atoms with Crippen molar-refractivity contribution in [3.63, 3.8) is 0 Å². The lowest BCUT2D eigenvalue weighted by Crippen LogP contribution is -2.58. The first-order valence-electron chi connectivity index (χ1n) is 5.88. The van der Waals surface area contributed by atoms with Gasteiger partial charge in [-0.15, -0.1) is 0 Å². The number of ether oxygens (including phenoxy) is 3. The summed E-state index contributed by atoms with van der Waals surface area (Å²) in [5.74, 6) is -7.04. The molecule has 0 aliphatic rings. The Balaban J connectivity index is 5.42. The second-order valence-electron chi connectivity index (χ2n) is 4.09. The molecule has 25 heavy (non-hydrogen) atoms. The van der Waals surface area contributed by atoms with Crippen molar-refractivity contribution in [2.75, 3.05) is 6.61 Å². The van der Waals surface area contributed by atoms with Crippen LogP contribution in [0.2, 0.25) is 0 Å². The summed E-state index contributed by atoms with van der Waals surface area (Å²) in [6.45, 7) is 0.251. The molecule has 0 aliphatic heterocycles. The molecule has 0 heterocycles. The molecule has 0 spiro atoms. The molecule has 0 saturated carbocycles. The van der Waals surface area contributed by atoms with E-state index in [0.29, 0.717) is 0 Å². The van der Waals surface area contributed by atoms with E-state index in [2.05, 4.69) is 14.2 Å². The second-order valence-corrected chi connectivity index (χ2v) is 4.09. The zero-order valence-corrected chi connectivity index (χ0v) is 11.8. The van der Waals surface area contributed by atoms with Gasteiger partial charge in [-0.2, -0.15) is 48.3 Å². The first-order chi connectivity index (χ1) is 11.0. The van der Waals surface area contributed by atoms with Gasteiger partial charge in [0.2, 0.25) is 0 Å². The first-order valence-corrected chi connectivity index (χ1v) is 5.88. The average Bonchev–Trinajstić information content (AvgIpc) is 2.43. The van der Waals surface area contributed by atoms with Gasteiger partial charge in [0, 0.05) is 0 Å². The van der Waals surface area contributed by atoms with Gasteiger partial charge < -0.3 is 9.47 Å². The third-order valence-corrected chi connectivity index (χ3v) is 2.11. The third kappa shape index (κ3) is 5.55. The zero-order valence-electron chi connectivity index (χ0n) is 11.8. The molecule has 0 fully saturated rings. The van der Waals surface area contributed by atoms with Crippen molar-refractivity contribution in [2.24, 2.45) is 0 Å². The molecule has 0 aromatic rings. The Morgan fingerprint density at radius 1 is 0.880 bits per heavy atom. The van der Waals surface area contributed by atoms with E-state index in [1.807, 2.05) is 0 Å². The van der Waals surface area contributed by atoms with Crippen LogP contribution >= 0.6 is 0 Å². The Kier molecular flexibility index (Phi) is 7.45. The molecule has 0 amide bonds. The predicted molar refractivity (Wildman–Crippen MR) is 53.4 cm³/mol. The van der Waals surface area contributed by atoms with E-state index in [-0.39, 0.29) is 6.42 Å². The van der Waals surface area contributed by atoms with E-state index >= 15 is 0 Å². The monoisotopic (exact) mass is 404 g/mol. The molecule has 0 saturated heterocycles. The summed E-state index contributed by atoms with van der Waals surface area (Å²) in [4.78, 5) is 0. The lowest BCUT2D eigenvalue weighted by Gasteiger charge is -2.32. The summed E-state index contributed by atoms with van der Waals surface area (Å²) in [5.41, 5.74) is 0. The molecule has 0 N–H and O–H groups in total. The molecule has 15 heteroatoms. The fraction of sp³-hybridized carbons (Fsp3) is 0.800. The summed E-state index contributed by atoms with van der Waals surface area (Å²) in [6, 6.07) is -3.66. The maximum atomic E-state index is 13.0. The maximum Gasteiger partial charge on any atom is 0.475 e. The third-order valence-electron chi connectivity index (χ3n) is 2.11. The molecule has 3 nitrogen and oxygen atoms in total.